The van der Waals surface area contributed by atoms with E-state index in [0.29, 0.717) is 12.0 Å². The summed E-state index contributed by atoms with van der Waals surface area (Å²) in [6, 6.07) is 0. The number of rotatable bonds is 3. The van der Waals surface area contributed by atoms with Gasteiger partial charge in [0.2, 0.25) is 5.91 Å². The normalized spacial score (nSPS) is 23.6. The summed E-state index contributed by atoms with van der Waals surface area (Å²) in [6.45, 7) is 7.50. The van der Waals surface area contributed by atoms with Gasteiger partial charge in [0.15, 0.2) is 0 Å². The summed E-state index contributed by atoms with van der Waals surface area (Å²) < 4.78 is 0. The number of hydrogen-bond donors (Lipinski definition) is 1. The number of aromatic amines is 1. The van der Waals surface area contributed by atoms with Gasteiger partial charge in [0.05, 0.1) is 6.54 Å². The van der Waals surface area contributed by atoms with Crippen LogP contribution >= 0.6 is 0 Å². The highest BCUT2D eigenvalue weighted by atomic mass is 16.2. The summed E-state index contributed by atoms with van der Waals surface area (Å²) in [7, 11) is 1.88. The van der Waals surface area contributed by atoms with Gasteiger partial charge in [-0.25, -0.2) is 4.98 Å². The minimum absolute atomic E-state index is 0.202. The van der Waals surface area contributed by atoms with Gasteiger partial charge in [0.25, 0.3) is 0 Å². The van der Waals surface area contributed by atoms with E-state index in [0.717, 1.165) is 24.6 Å². The molecule has 1 amide bonds. The molecule has 0 atom stereocenters. The van der Waals surface area contributed by atoms with E-state index in [-0.39, 0.29) is 11.8 Å². The Morgan fingerprint density at radius 1 is 1.35 bits per heavy atom. The second-order valence-electron chi connectivity index (χ2n) is 7.14. The number of amides is 1. The van der Waals surface area contributed by atoms with E-state index in [2.05, 4.69) is 30.7 Å². The molecule has 1 aliphatic rings. The van der Waals surface area contributed by atoms with Crippen LogP contribution in [0.25, 0.3) is 0 Å². The van der Waals surface area contributed by atoms with Gasteiger partial charge < -0.3 is 9.88 Å². The summed E-state index contributed by atoms with van der Waals surface area (Å²) in [6.07, 6.45) is 7.93. The SMILES string of the molecule is CN(Cc1ncc[nH]1)C(=O)C1CCC(C(C)(C)C)CC1. The first-order valence-corrected chi connectivity index (χ1v) is 7.61. The standard InChI is InChI=1S/C16H27N3O/c1-16(2,3)13-7-5-12(6-8-13)15(20)19(4)11-14-17-9-10-18-14/h9-10,12-13H,5-8,11H2,1-4H3,(H,17,18). The molecule has 1 aliphatic carbocycles. The molecule has 1 aromatic rings. The zero-order valence-electron chi connectivity index (χ0n) is 13.1. The van der Waals surface area contributed by atoms with Crippen LogP contribution < -0.4 is 0 Å². The van der Waals surface area contributed by atoms with Crippen molar-refractivity contribution in [2.75, 3.05) is 7.05 Å². The van der Waals surface area contributed by atoms with Crippen LogP contribution in [0.15, 0.2) is 12.4 Å². The van der Waals surface area contributed by atoms with E-state index in [1.165, 1.54) is 12.8 Å². The molecule has 1 heterocycles. The molecule has 112 valence electrons. The van der Waals surface area contributed by atoms with Gasteiger partial charge in [0, 0.05) is 25.4 Å². The maximum atomic E-state index is 12.5. The number of H-pyrrole nitrogens is 1. The second kappa shape index (κ2) is 5.98. The Morgan fingerprint density at radius 2 is 2.00 bits per heavy atom. The average molecular weight is 277 g/mol. The van der Waals surface area contributed by atoms with E-state index >= 15 is 0 Å². The molecule has 2 rings (SSSR count). The van der Waals surface area contributed by atoms with Crippen LogP contribution in [0.5, 0.6) is 0 Å². The van der Waals surface area contributed by atoms with Gasteiger partial charge >= 0.3 is 0 Å². The quantitative estimate of drug-likeness (QED) is 0.922. The highest BCUT2D eigenvalue weighted by molar-refractivity contribution is 5.78. The molecule has 0 spiro atoms. The molecule has 0 bridgehead atoms. The Hall–Kier alpha value is -1.32. The molecule has 0 aromatic carbocycles. The molecule has 0 aliphatic heterocycles. The first-order valence-electron chi connectivity index (χ1n) is 7.61. The van der Waals surface area contributed by atoms with Gasteiger partial charge in [-0.2, -0.15) is 0 Å². The smallest absolute Gasteiger partial charge is 0.225 e. The Bertz CT molecular complexity index is 425. The van der Waals surface area contributed by atoms with Crippen molar-refractivity contribution in [3.63, 3.8) is 0 Å². The monoisotopic (exact) mass is 277 g/mol. The van der Waals surface area contributed by atoms with Crippen molar-refractivity contribution in [2.24, 2.45) is 17.3 Å². The summed E-state index contributed by atoms with van der Waals surface area (Å²) >= 11 is 0. The number of hydrogen-bond acceptors (Lipinski definition) is 2. The van der Waals surface area contributed by atoms with Crippen LogP contribution in [0, 0.1) is 17.3 Å². The van der Waals surface area contributed by atoms with Gasteiger partial charge in [-0.1, -0.05) is 20.8 Å². The lowest BCUT2D eigenvalue weighted by Crippen LogP contribution is -2.36. The van der Waals surface area contributed by atoms with E-state index in [9.17, 15) is 4.79 Å². The minimum Gasteiger partial charge on any atom is -0.347 e. The van der Waals surface area contributed by atoms with Crippen molar-refractivity contribution in [2.45, 2.75) is 53.0 Å². The van der Waals surface area contributed by atoms with Crippen LogP contribution in [-0.4, -0.2) is 27.8 Å². The molecule has 1 aromatic heterocycles. The fraction of sp³-hybridized carbons (Fsp3) is 0.750. The molecule has 1 saturated carbocycles. The van der Waals surface area contributed by atoms with Crippen LogP contribution in [-0.2, 0) is 11.3 Å². The van der Waals surface area contributed by atoms with Crippen molar-refractivity contribution in [3.8, 4) is 0 Å². The highest BCUT2D eigenvalue weighted by Gasteiger charge is 2.33. The summed E-state index contributed by atoms with van der Waals surface area (Å²) in [5.74, 6) is 2.08. The van der Waals surface area contributed by atoms with Crippen molar-refractivity contribution in [3.05, 3.63) is 18.2 Å². The Kier molecular flexibility index (Phi) is 4.51. The summed E-state index contributed by atoms with van der Waals surface area (Å²) in [5.41, 5.74) is 0.369. The second-order valence-corrected chi connectivity index (χ2v) is 7.14. The maximum Gasteiger partial charge on any atom is 0.225 e. The van der Waals surface area contributed by atoms with Crippen molar-refractivity contribution < 1.29 is 4.79 Å². The average Bonchev–Trinajstić information content (AvgIpc) is 2.90. The fourth-order valence-corrected chi connectivity index (χ4v) is 3.21. The predicted molar refractivity (Wildman–Crippen MR) is 80.0 cm³/mol. The minimum atomic E-state index is 0.202. The Morgan fingerprint density at radius 3 is 2.50 bits per heavy atom. The highest BCUT2D eigenvalue weighted by Crippen LogP contribution is 2.40. The Balaban J connectivity index is 1.85. The third-order valence-corrected chi connectivity index (χ3v) is 4.62. The predicted octanol–water partition coefficient (Wildman–Crippen LogP) is 3.22. The number of imidazole rings is 1. The van der Waals surface area contributed by atoms with Gasteiger partial charge in [-0.15, -0.1) is 0 Å². The molecule has 4 nitrogen and oxygen atoms in total. The van der Waals surface area contributed by atoms with E-state index in [1.54, 1.807) is 17.3 Å². The summed E-state index contributed by atoms with van der Waals surface area (Å²) in [4.78, 5) is 21.5. The number of nitrogens with zero attached hydrogens (tertiary/aromatic N) is 2. The first-order chi connectivity index (χ1) is 9.38. The zero-order chi connectivity index (χ0) is 14.8. The first kappa shape index (κ1) is 15.1. The molecule has 1 fully saturated rings. The molecule has 0 radical (unpaired) electrons. The Labute approximate surface area is 122 Å². The molecule has 1 N–H and O–H groups in total. The molecule has 0 unspecified atom stereocenters. The van der Waals surface area contributed by atoms with Crippen LogP contribution in [0.4, 0.5) is 0 Å². The molecule has 4 heteroatoms. The van der Waals surface area contributed by atoms with Gasteiger partial charge in [-0.3, -0.25) is 4.79 Å². The number of aromatic nitrogens is 2. The van der Waals surface area contributed by atoms with Crippen molar-refractivity contribution in [1.29, 1.82) is 0 Å². The van der Waals surface area contributed by atoms with E-state index in [4.69, 9.17) is 0 Å². The number of carbonyl (C=O) groups excluding carboxylic acids is 1. The number of nitrogens with one attached hydrogen (secondary N) is 1. The lowest BCUT2D eigenvalue weighted by Gasteiger charge is -2.37. The fourth-order valence-electron chi connectivity index (χ4n) is 3.21. The molecular formula is C16H27N3O. The third kappa shape index (κ3) is 3.62. The maximum absolute atomic E-state index is 12.5. The lowest BCUT2D eigenvalue weighted by atomic mass is 9.69. The molecule has 20 heavy (non-hydrogen) atoms. The zero-order valence-corrected chi connectivity index (χ0v) is 13.1. The lowest BCUT2D eigenvalue weighted by molar-refractivity contribution is -0.136. The molecule has 0 saturated heterocycles. The molecular weight excluding hydrogens is 250 g/mol. The van der Waals surface area contributed by atoms with Crippen LogP contribution in [0.3, 0.4) is 0 Å². The van der Waals surface area contributed by atoms with Gasteiger partial charge in [-0.05, 0) is 37.0 Å². The summed E-state index contributed by atoms with van der Waals surface area (Å²) in [5, 5.41) is 0. The van der Waals surface area contributed by atoms with Crippen molar-refractivity contribution in [1.82, 2.24) is 14.9 Å². The largest absolute Gasteiger partial charge is 0.347 e. The van der Waals surface area contributed by atoms with E-state index in [1.807, 2.05) is 7.05 Å². The van der Waals surface area contributed by atoms with Crippen LogP contribution in [0.1, 0.15) is 52.3 Å². The number of carbonyl (C=O) groups is 1. The van der Waals surface area contributed by atoms with Gasteiger partial charge in [0.1, 0.15) is 5.82 Å². The van der Waals surface area contributed by atoms with Crippen molar-refractivity contribution >= 4 is 5.91 Å². The third-order valence-electron chi connectivity index (χ3n) is 4.62. The topological polar surface area (TPSA) is 49.0 Å². The van der Waals surface area contributed by atoms with E-state index < -0.39 is 0 Å². The van der Waals surface area contributed by atoms with Crippen LogP contribution in [0.2, 0.25) is 0 Å².